The first kappa shape index (κ1) is 42.5. The van der Waals surface area contributed by atoms with Crippen molar-refractivity contribution in [2.45, 2.75) is 96.8 Å². The molecule has 0 unspecified atom stereocenters. The van der Waals surface area contributed by atoms with E-state index in [1.54, 1.807) is 0 Å². The third-order valence-corrected chi connectivity index (χ3v) is 17.8. The van der Waals surface area contributed by atoms with Crippen LogP contribution in [0.4, 0.5) is 11.4 Å². The van der Waals surface area contributed by atoms with Gasteiger partial charge in [-0.1, -0.05) is 177 Å². The number of benzene rings is 8. The smallest absolute Gasteiger partial charge is 0.198 e. The Morgan fingerprint density at radius 3 is 1.93 bits per heavy atom. The van der Waals surface area contributed by atoms with Gasteiger partial charge in [0.2, 0.25) is 0 Å². The van der Waals surface area contributed by atoms with E-state index in [1.165, 1.54) is 132 Å². The normalized spacial score (nSPS) is 16.0. The third-order valence-electron chi connectivity index (χ3n) is 16.6. The van der Waals surface area contributed by atoms with Gasteiger partial charge in [-0.3, -0.25) is 0 Å². The minimum Gasteiger partial charge on any atom is -0.355 e. The summed E-state index contributed by atoms with van der Waals surface area (Å²) in [6, 6.07) is 60.6. The number of hydrogen-bond donors (Lipinski definition) is 1. The van der Waals surface area contributed by atoms with Crippen molar-refractivity contribution in [1.29, 1.82) is 0 Å². The van der Waals surface area contributed by atoms with E-state index in [2.05, 4.69) is 230 Å². The molecule has 1 N–H and O–H groups in total. The zero-order valence-corrected chi connectivity index (χ0v) is 42.3. The van der Waals surface area contributed by atoms with Gasteiger partial charge in [-0.15, -0.1) is 11.3 Å². The molecule has 2 nitrogen and oxygen atoms in total. The van der Waals surface area contributed by atoms with Crippen LogP contribution in [0.2, 0.25) is 0 Å². The Morgan fingerprint density at radius 2 is 1.22 bits per heavy atom. The van der Waals surface area contributed by atoms with Crippen LogP contribution in [0.15, 0.2) is 158 Å². The first-order valence-electron chi connectivity index (χ1n) is 25.1. The summed E-state index contributed by atoms with van der Waals surface area (Å²) in [5.41, 5.74) is 25.3. The van der Waals surface area contributed by atoms with Crippen molar-refractivity contribution in [2.24, 2.45) is 0 Å². The molecule has 8 aromatic carbocycles. The Kier molecular flexibility index (Phi) is 9.05. The fraction of sp³-hybridized carbons (Fsp3) is 0.231. The molecule has 2 aliphatic carbocycles. The van der Waals surface area contributed by atoms with Gasteiger partial charge in [-0.25, -0.2) is 0 Å². The molecule has 0 atom stereocenters. The van der Waals surface area contributed by atoms with Crippen molar-refractivity contribution in [1.82, 2.24) is 4.57 Å². The highest BCUT2D eigenvalue weighted by Crippen LogP contribution is 2.53. The van der Waals surface area contributed by atoms with E-state index in [0.29, 0.717) is 0 Å². The second-order valence-corrected chi connectivity index (χ2v) is 24.3. The monoisotopic (exact) mass is 910 g/mol. The maximum absolute atomic E-state index is 4.05. The Hall–Kier alpha value is -6.62. The first-order valence-corrected chi connectivity index (χ1v) is 25.9. The summed E-state index contributed by atoms with van der Waals surface area (Å²) in [5, 5.41) is 8.02. The van der Waals surface area contributed by atoms with Crippen LogP contribution in [0.3, 0.4) is 0 Å². The van der Waals surface area contributed by atoms with Crippen molar-refractivity contribution in [3.8, 4) is 49.5 Å². The highest BCUT2D eigenvalue weighted by atomic mass is 32.1. The van der Waals surface area contributed by atoms with E-state index in [-0.39, 0.29) is 21.7 Å². The molecule has 4 heteroatoms. The van der Waals surface area contributed by atoms with Gasteiger partial charge in [0.05, 0.1) is 5.52 Å². The molecule has 10 aromatic rings. The Bertz CT molecular complexity index is 3760. The zero-order valence-electron chi connectivity index (χ0n) is 41.5. The highest BCUT2D eigenvalue weighted by Gasteiger charge is 2.40. The highest BCUT2D eigenvalue weighted by molar-refractivity contribution is 7.23. The molecule has 13 rings (SSSR count). The van der Waals surface area contributed by atoms with Crippen LogP contribution in [-0.4, -0.2) is 11.8 Å². The molecule has 0 fully saturated rings. The molecule has 2 aromatic heterocycles. The molecular formula is C65H59BN2S. The van der Waals surface area contributed by atoms with E-state index >= 15 is 0 Å². The maximum Gasteiger partial charge on any atom is 0.198 e. The van der Waals surface area contributed by atoms with Crippen molar-refractivity contribution in [2.75, 3.05) is 5.32 Å². The largest absolute Gasteiger partial charge is 0.355 e. The van der Waals surface area contributed by atoms with Gasteiger partial charge >= 0.3 is 0 Å². The van der Waals surface area contributed by atoms with Crippen LogP contribution in [0, 0.1) is 0 Å². The average molecular weight is 911 g/mol. The van der Waals surface area contributed by atoms with Crippen LogP contribution in [-0.2, 0) is 21.7 Å². The predicted molar refractivity (Wildman–Crippen MR) is 300 cm³/mol. The summed E-state index contributed by atoms with van der Waals surface area (Å²) in [5.74, 6) is 0. The van der Waals surface area contributed by atoms with Crippen LogP contribution < -0.4 is 16.2 Å². The molecule has 0 radical (unpaired) electrons. The average Bonchev–Trinajstić information content (AvgIpc) is 3.95. The summed E-state index contributed by atoms with van der Waals surface area (Å²) in [4.78, 5) is 1.32. The topological polar surface area (TPSA) is 17.0 Å². The molecule has 3 aliphatic rings. The van der Waals surface area contributed by atoms with Gasteiger partial charge in [-0.05, 0) is 139 Å². The number of hydrogen-bond acceptors (Lipinski definition) is 2. The number of aromatic nitrogens is 1. The number of thiophene rings is 1. The van der Waals surface area contributed by atoms with Crippen LogP contribution in [0.5, 0.6) is 0 Å². The molecule has 338 valence electrons. The quantitative estimate of drug-likeness (QED) is 0.170. The second-order valence-electron chi connectivity index (χ2n) is 23.3. The second kappa shape index (κ2) is 14.7. The van der Waals surface area contributed by atoms with E-state index in [4.69, 9.17) is 0 Å². The van der Waals surface area contributed by atoms with Crippen molar-refractivity contribution in [3.05, 3.63) is 186 Å². The molecule has 1 aliphatic heterocycles. The lowest BCUT2D eigenvalue weighted by molar-refractivity contribution is 0.332. The van der Waals surface area contributed by atoms with Gasteiger partial charge < -0.3 is 9.88 Å². The number of nitrogens with zero attached hydrogens (tertiary/aromatic N) is 1. The van der Waals surface area contributed by atoms with Crippen molar-refractivity contribution in [3.63, 3.8) is 0 Å². The Balaban J connectivity index is 1.11. The fourth-order valence-electron chi connectivity index (χ4n) is 12.6. The van der Waals surface area contributed by atoms with Gasteiger partial charge in [0.1, 0.15) is 0 Å². The van der Waals surface area contributed by atoms with E-state index in [9.17, 15) is 0 Å². The van der Waals surface area contributed by atoms with Crippen molar-refractivity contribution < 1.29 is 0 Å². The molecule has 0 saturated carbocycles. The minimum absolute atomic E-state index is 0.0523. The van der Waals surface area contributed by atoms with Gasteiger partial charge in [0.15, 0.2) is 7.28 Å². The maximum atomic E-state index is 4.05. The first-order chi connectivity index (χ1) is 33.1. The van der Waals surface area contributed by atoms with Crippen molar-refractivity contribution >= 4 is 72.8 Å². The van der Waals surface area contributed by atoms with Gasteiger partial charge in [-0.2, -0.15) is 0 Å². The Labute approximate surface area is 412 Å². The molecular weight excluding hydrogens is 852 g/mol. The number of rotatable bonds is 5. The Morgan fingerprint density at radius 1 is 0.551 bits per heavy atom. The van der Waals surface area contributed by atoms with Gasteiger partial charge in [0, 0.05) is 64.9 Å². The van der Waals surface area contributed by atoms with E-state index < -0.39 is 0 Å². The van der Waals surface area contributed by atoms with E-state index in [0.717, 1.165) is 19.4 Å². The number of fused-ring (bicyclic) bond motifs is 10. The fourth-order valence-corrected chi connectivity index (χ4v) is 13.9. The lowest BCUT2D eigenvalue weighted by atomic mass is 9.58. The molecule has 3 heterocycles. The van der Waals surface area contributed by atoms with Gasteiger partial charge in [0.25, 0.3) is 0 Å². The third kappa shape index (κ3) is 6.37. The summed E-state index contributed by atoms with van der Waals surface area (Å²) in [6.45, 7) is 21.5. The molecule has 0 amide bonds. The summed E-state index contributed by atoms with van der Waals surface area (Å²) in [7, 11) is 0.841. The molecule has 0 bridgehead atoms. The van der Waals surface area contributed by atoms with Crippen LogP contribution in [0.25, 0.3) is 81.4 Å². The number of anilines is 2. The van der Waals surface area contributed by atoms with E-state index in [1.807, 2.05) is 11.3 Å². The summed E-state index contributed by atoms with van der Waals surface area (Å²) in [6.07, 6.45) is 2.33. The number of nitrogens with one attached hydrogen (secondary N) is 1. The molecule has 0 spiro atoms. The summed E-state index contributed by atoms with van der Waals surface area (Å²) >= 11 is 1.93. The minimum atomic E-state index is -0.105. The molecule has 0 saturated heterocycles. The SMILES string of the molecule is CC(C)(C)c1ccc(Nc2cc3c(cc2-c2ccc4c5cc6c(cc5n5c4c2Bc2cc4sc(-c7ccccc7)c(-c7ccccc7)c4cc2-5)-c2ccccc2C6(C)C)C(C)(C)CCC3(C)C)cc1. The predicted octanol–water partition coefficient (Wildman–Crippen LogP) is 16.4. The lowest BCUT2D eigenvalue weighted by Crippen LogP contribution is -2.37. The van der Waals surface area contributed by atoms with Crippen LogP contribution in [0.1, 0.15) is 103 Å². The molecule has 69 heavy (non-hydrogen) atoms. The lowest BCUT2D eigenvalue weighted by Gasteiger charge is -2.42. The zero-order chi connectivity index (χ0) is 47.4. The standard InChI is InChI=1S/C65H59BN2S/c1-62(2,3)40-24-26-41(27-25-40)67-54-36-52-51(63(4,5)30-31-64(52,6)7)32-46(54)43-28-29-44-47-33-50-45(42-22-16-17-23-49(42)65(50,8)9)34-55(47)68-56-35-48-57(37-53(56)66-59(43)60(44)68)69-61(39-20-14-11-15-21-39)58(48)38-18-12-10-13-19-38/h10-29,32-37,66-67H,30-31H2,1-9H3. The summed E-state index contributed by atoms with van der Waals surface area (Å²) < 4.78 is 4.00. The van der Waals surface area contributed by atoms with Crippen LogP contribution >= 0.6 is 11.3 Å².